The van der Waals surface area contributed by atoms with Gasteiger partial charge >= 0.3 is 12.1 Å². The van der Waals surface area contributed by atoms with E-state index in [0.717, 1.165) is 36.4 Å². The lowest BCUT2D eigenvalue weighted by atomic mass is 9.85. The first-order valence-corrected chi connectivity index (χ1v) is 19.7. The van der Waals surface area contributed by atoms with E-state index in [1.807, 2.05) is 59.1 Å². The zero-order valence-electron chi connectivity index (χ0n) is 32.6. The van der Waals surface area contributed by atoms with Crippen molar-refractivity contribution in [3.63, 3.8) is 0 Å². The van der Waals surface area contributed by atoms with Crippen LogP contribution < -0.4 is 25.4 Å². The van der Waals surface area contributed by atoms with Gasteiger partial charge in [-0.1, -0.05) is 26.8 Å². The van der Waals surface area contributed by atoms with E-state index >= 15 is 0 Å². The van der Waals surface area contributed by atoms with Crippen LogP contribution in [0.1, 0.15) is 78.7 Å². The molecule has 2 aliphatic carbocycles. The lowest BCUT2D eigenvalue weighted by Crippen LogP contribution is -2.59. The highest BCUT2D eigenvalue weighted by atomic mass is 32.1. The van der Waals surface area contributed by atoms with Gasteiger partial charge in [0.1, 0.15) is 47.0 Å². The van der Waals surface area contributed by atoms with Crippen LogP contribution in [-0.4, -0.2) is 93.4 Å². The number of fused-ring (bicyclic) bond motifs is 1. The number of methoxy groups -OCH3 is 1. The largest absolute Gasteiger partial charge is 0.496 e. The lowest BCUT2D eigenvalue weighted by Gasteiger charge is -2.35. The maximum Gasteiger partial charge on any atom is 0.408 e. The maximum atomic E-state index is 14.6. The quantitative estimate of drug-likeness (QED) is 0.148. The van der Waals surface area contributed by atoms with Gasteiger partial charge in [0.2, 0.25) is 11.8 Å². The Labute approximate surface area is 325 Å². The van der Waals surface area contributed by atoms with Crippen molar-refractivity contribution in [3.05, 3.63) is 41.8 Å². The number of thiazole rings is 1. The number of nitrogens with one attached hydrogen (secondary N) is 3. The summed E-state index contributed by atoms with van der Waals surface area (Å²) in [6.07, 6.45) is 3.63. The summed E-state index contributed by atoms with van der Waals surface area (Å²) in [5.74, 6) is -1.64. The molecule has 0 bridgehead atoms. The zero-order chi connectivity index (χ0) is 39.8. The van der Waals surface area contributed by atoms with Crippen LogP contribution in [0.15, 0.2) is 36.2 Å². The number of aryl methyl sites for hydroxylation is 1. The van der Waals surface area contributed by atoms with Crippen LogP contribution in [0, 0.1) is 18.3 Å². The van der Waals surface area contributed by atoms with Gasteiger partial charge in [0.15, 0.2) is 5.13 Å². The van der Waals surface area contributed by atoms with Crippen LogP contribution in [0.2, 0.25) is 0 Å². The molecular formula is C40H52N6O8S. The first kappa shape index (κ1) is 39.8. The smallest absolute Gasteiger partial charge is 0.408 e. The van der Waals surface area contributed by atoms with E-state index in [1.54, 1.807) is 13.2 Å². The Kier molecular flexibility index (Phi) is 11.3. The molecule has 3 fully saturated rings. The molecule has 15 heteroatoms. The predicted molar refractivity (Wildman–Crippen MR) is 209 cm³/mol. The van der Waals surface area contributed by atoms with Crippen molar-refractivity contribution >= 4 is 51.2 Å². The van der Waals surface area contributed by atoms with Gasteiger partial charge in [0, 0.05) is 41.3 Å². The van der Waals surface area contributed by atoms with Crippen molar-refractivity contribution < 1.29 is 38.5 Å². The van der Waals surface area contributed by atoms with Crippen LogP contribution in [0.5, 0.6) is 11.5 Å². The number of pyridine rings is 1. The second-order valence-corrected chi connectivity index (χ2v) is 17.1. The minimum absolute atomic E-state index is 0.0126. The van der Waals surface area contributed by atoms with Gasteiger partial charge < -0.3 is 40.2 Å². The van der Waals surface area contributed by atoms with Gasteiger partial charge in [0.25, 0.3) is 0 Å². The number of benzene rings is 1. The van der Waals surface area contributed by atoms with E-state index in [4.69, 9.17) is 24.2 Å². The molecule has 5 atom stereocenters. The fraction of sp³-hybridized carbons (Fsp3) is 0.550. The first-order valence-electron chi connectivity index (χ1n) is 18.9. The van der Waals surface area contributed by atoms with Gasteiger partial charge in [-0.05, 0) is 69.9 Å². The van der Waals surface area contributed by atoms with E-state index in [-0.39, 0.29) is 31.5 Å². The minimum Gasteiger partial charge on any atom is -0.496 e. The normalized spacial score (nSPS) is 23.0. The van der Waals surface area contributed by atoms with Gasteiger partial charge in [-0.15, -0.1) is 17.9 Å². The molecule has 14 nitrogen and oxygen atoms in total. The molecule has 6 rings (SSSR count). The molecule has 3 aromatic rings. The number of hydrogen-bond donors (Lipinski definition) is 4. The Hall–Kier alpha value is -4.92. The van der Waals surface area contributed by atoms with Crippen LogP contribution in [-0.2, 0) is 19.1 Å². The fourth-order valence-electron chi connectivity index (χ4n) is 7.48. The molecule has 1 saturated heterocycles. The molecule has 1 aliphatic heterocycles. The average molecular weight is 777 g/mol. The monoisotopic (exact) mass is 776 g/mol. The second-order valence-electron chi connectivity index (χ2n) is 16.2. The number of anilines is 1. The van der Waals surface area contributed by atoms with Crippen molar-refractivity contribution in [1.29, 1.82) is 0 Å². The third kappa shape index (κ3) is 8.51. The maximum absolute atomic E-state index is 14.6. The Balaban J connectivity index is 1.34. The first-order chi connectivity index (χ1) is 26.0. The van der Waals surface area contributed by atoms with Crippen molar-refractivity contribution in [3.8, 4) is 22.9 Å². The summed E-state index contributed by atoms with van der Waals surface area (Å²) in [7, 11) is 1.59. The van der Waals surface area contributed by atoms with E-state index < -0.39 is 58.9 Å². The van der Waals surface area contributed by atoms with E-state index in [9.17, 15) is 24.3 Å². The number of aliphatic carboxylic acids is 1. The molecule has 0 spiro atoms. The van der Waals surface area contributed by atoms with E-state index in [1.165, 1.54) is 22.3 Å². The molecule has 1 aromatic carbocycles. The Morgan fingerprint density at radius 3 is 2.42 bits per heavy atom. The number of carbonyl (C=O) groups excluding carboxylic acids is 3. The van der Waals surface area contributed by atoms with Crippen molar-refractivity contribution in [2.75, 3.05) is 19.0 Å². The topological polar surface area (TPSA) is 181 Å². The summed E-state index contributed by atoms with van der Waals surface area (Å²) in [6, 6.07) is 3.58. The molecule has 3 aliphatic rings. The summed E-state index contributed by atoms with van der Waals surface area (Å²) in [5, 5.41) is 22.3. The third-order valence-electron chi connectivity index (χ3n) is 10.6. The van der Waals surface area contributed by atoms with Crippen LogP contribution in [0.25, 0.3) is 22.3 Å². The van der Waals surface area contributed by atoms with E-state index in [2.05, 4.69) is 22.5 Å². The summed E-state index contributed by atoms with van der Waals surface area (Å²) >= 11 is 1.46. The number of rotatable bonds is 13. The fourth-order valence-corrected chi connectivity index (χ4v) is 8.33. The predicted octanol–water partition coefficient (Wildman–Crippen LogP) is 6.07. The standard InChI is InChI=1S/C40H52N6O8S/c1-9-23-18-40(23,36(49)50)45-34(47)30-15-25(19-46(30)35(48)33(39(5,6)7)44-38(51)54-24-12-10-11-13-24)53-32-17-28(29-20-55-37(43-29)41-21(2)3)42-27-16-31(52-8)22(4)14-26(27)32/h9,14,16-17,20-21,23-25,30,33H,1,10-13,15,18-19H2,2-8H3,(H,41,43)(H,44,51)(H,45,47)(H,49,50). The second kappa shape index (κ2) is 15.7. The highest BCUT2D eigenvalue weighted by molar-refractivity contribution is 7.14. The Bertz CT molecular complexity index is 1970. The number of likely N-dealkylation sites (tertiary alicyclic amines) is 1. The summed E-state index contributed by atoms with van der Waals surface area (Å²) in [4.78, 5) is 65.3. The molecule has 296 valence electrons. The summed E-state index contributed by atoms with van der Waals surface area (Å²) in [6.45, 7) is 15.2. The summed E-state index contributed by atoms with van der Waals surface area (Å²) in [5.41, 5.74) is 0.378. The number of carboxylic acids is 1. The highest BCUT2D eigenvalue weighted by Crippen LogP contribution is 2.45. The van der Waals surface area contributed by atoms with Crippen molar-refractivity contribution in [1.82, 2.24) is 25.5 Å². The van der Waals surface area contributed by atoms with Crippen molar-refractivity contribution in [2.45, 2.75) is 116 Å². The SMILES string of the molecule is C=CC1CC1(NC(=O)C1CC(Oc2cc(-c3csc(NC(C)C)n3)nc3cc(OC)c(C)cc23)CN1C(=O)C(NC(=O)OC1CCCC1)C(C)(C)C)C(=O)O. The van der Waals surface area contributed by atoms with Gasteiger partial charge in [-0.25, -0.2) is 19.6 Å². The van der Waals surface area contributed by atoms with Crippen LogP contribution in [0.3, 0.4) is 0 Å². The molecule has 3 heterocycles. The van der Waals surface area contributed by atoms with Crippen molar-refractivity contribution in [2.24, 2.45) is 11.3 Å². The average Bonchev–Trinajstić information content (AvgIpc) is 3.53. The van der Waals surface area contributed by atoms with Gasteiger partial charge in [-0.3, -0.25) is 9.59 Å². The number of nitrogens with zero attached hydrogens (tertiary/aromatic N) is 3. The van der Waals surface area contributed by atoms with Gasteiger partial charge in [-0.2, -0.15) is 0 Å². The number of ether oxygens (including phenoxy) is 3. The minimum atomic E-state index is -1.51. The summed E-state index contributed by atoms with van der Waals surface area (Å²) < 4.78 is 18.0. The number of hydrogen-bond acceptors (Lipinski definition) is 11. The molecule has 2 aromatic heterocycles. The number of carboxylic acid groups (broad SMARTS) is 1. The zero-order valence-corrected chi connectivity index (χ0v) is 33.4. The Morgan fingerprint density at radius 1 is 1.07 bits per heavy atom. The molecule has 4 N–H and O–H groups in total. The van der Waals surface area contributed by atoms with Crippen LogP contribution >= 0.6 is 11.3 Å². The highest BCUT2D eigenvalue weighted by Gasteiger charge is 2.61. The number of alkyl carbamates (subject to hydrolysis) is 1. The number of carbonyl (C=O) groups is 4. The van der Waals surface area contributed by atoms with Crippen LogP contribution in [0.4, 0.5) is 9.93 Å². The molecule has 2 saturated carbocycles. The molecular weight excluding hydrogens is 725 g/mol. The lowest BCUT2D eigenvalue weighted by molar-refractivity contribution is -0.146. The molecule has 3 amide bonds. The third-order valence-corrected chi connectivity index (χ3v) is 11.4. The number of amides is 3. The molecule has 55 heavy (non-hydrogen) atoms. The molecule has 5 unspecified atom stereocenters. The van der Waals surface area contributed by atoms with E-state index in [0.29, 0.717) is 33.8 Å². The molecule has 0 radical (unpaired) electrons. The number of aromatic nitrogens is 2. The van der Waals surface area contributed by atoms with Gasteiger partial charge in [0.05, 0.1) is 24.9 Å². The Morgan fingerprint density at radius 2 is 1.80 bits per heavy atom.